The van der Waals surface area contributed by atoms with Crippen LogP contribution in [0.4, 0.5) is 0 Å². The van der Waals surface area contributed by atoms with Crippen LogP contribution in [0, 0.1) is 0 Å². The third kappa shape index (κ3) is 35.9. The maximum absolute atomic E-state index is 11.6. The smallest absolute Gasteiger partial charge is 0.305 e. The molecule has 1 rings (SSSR count). The SMILES string of the molecule is CCCCCC=CCC=CCCCCCCCCC1(CCCCCCCCC=CCC=CCCCCC)OC[C@H](CN(CCCCCC(=O)OC)CCCCCC(=O)OC)O1. The predicted molar refractivity (Wildman–Crippen MR) is 259 cm³/mol. The van der Waals surface area contributed by atoms with Gasteiger partial charge in [-0.25, -0.2) is 0 Å². The number of hydrogen-bond donors (Lipinski definition) is 0. The lowest BCUT2D eigenvalue weighted by molar-refractivity contribution is -0.180. The molecule has 0 N–H and O–H groups in total. The molecule has 0 aliphatic carbocycles. The molecule has 0 aromatic heterocycles. The first-order valence-electron chi connectivity index (χ1n) is 25.8. The molecule has 1 aliphatic rings. The zero-order valence-corrected chi connectivity index (χ0v) is 40.5. The van der Waals surface area contributed by atoms with Crippen molar-refractivity contribution in [3.05, 3.63) is 48.6 Å². The van der Waals surface area contributed by atoms with Crippen molar-refractivity contribution in [1.29, 1.82) is 0 Å². The third-order valence-corrected chi connectivity index (χ3v) is 12.1. The van der Waals surface area contributed by atoms with Crippen LogP contribution in [0.25, 0.3) is 0 Å². The second kappa shape index (κ2) is 43.1. The van der Waals surface area contributed by atoms with E-state index in [0.29, 0.717) is 19.4 Å². The third-order valence-electron chi connectivity index (χ3n) is 12.1. The average Bonchev–Trinajstić information content (AvgIpc) is 3.67. The van der Waals surface area contributed by atoms with Gasteiger partial charge in [-0.15, -0.1) is 0 Å². The molecule has 0 amide bonds. The minimum absolute atomic E-state index is 0.0688. The topological polar surface area (TPSA) is 74.3 Å². The van der Waals surface area contributed by atoms with Gasteiger partial charge in [-0.3, -0.25) is 9.59 Å². The summed E-state index contributed by atoms with van der Waals surface area (Å²) in [6.07, 6.45) is 57.6. The van der Waals surface area contributed by atoms with Crippen molar-refractivity contribution in [3.8, 4) is 0 Å². The van der Waals surface area contributed by atoms with E-state index in [9.17, 15) is 9.59 Å². The Bertz CT molecular complexity index is 1040. The van der Waals surface area contributed by atoms with Crippen molar-refractivity contribution in [3.63, 3.8) is 0 Å². The standard InChI is InChI=1S/C54H97NO6/c1-5-7-9-11-13-15-17-19-21-23-25-27-29-31-33-39-45-54(46-40-34-32-30-28-26-24-22-20-18-16-14-12-10-8-6-2)60-50-51(61-54)49-55(47-41-35-37-43-52(56)58-3)48-42-36-38-44-53(57)59-4/h13-16,19-22,51H,5-12,17-18,23-50H2,1-4H3/t51-,54?/m0/s1. The lowest BCUT2D eigenvalue weighted by Gasteiger charge is -2.30. The Balaban J connectivity index is 2.58. The van der Waals surface area contributed by atoms with Crippen molar-refractivity contribution in [2.75, 3.05) is 40.5 Å². The summed E-state index contributed by atoms with van der Waals surface area (Å²) in [5, 5.41) is 0. The van der Waals surface area contributed by atoms with Crippen molar-refractivity contribution >= 4 is 11.9 Å². The Morgan fingerprint density at radius 3 is 1.30 bits per heavy atom. The van der Waals surface area contributed by atoms with Crippen LogP contribution in [0.15, 0.2) is 48.6 Å². The molecule has 354 valence electrons. The zero-order valence-electron chi connectivity index (χ0n) is 40.5. The van der Waals surface area contributed by atoms with E-state index in [4.69, 9.17) is 18.9 Å². The quantitative estimate of drug-likeness (QED) is 0.0343. The minimum Gasteiger partial charge on any atom is -0.469 e. The number of carbonyl (C=O) groups excluding carboxylic acids is 2. The van der Waals surface area contributed by atoms with E-state index in [1.54, 1.807) is 0 Å². The van der Waals surface area contributed by atoms with Crippen molar-refractivity contribution in [2.45, 2.75) is 244 Å². The highest BCUT2D eigenvalue weighted by Crippen LogP contribution is 2.35. The number of rotatable bonds is 44. The van der Waals surface area contributed by atoms with E-state index in [2.05, 4.69) is 67.4 Å². The lowest BCUT2D eigenvalue weighted by atomic mass is 9.98. The van der Waals surface area contributed by atoms with Crippen LogP contribution in [-0.4, -0.2) is 69.2 Å². The van der Waals surface area contributed by atoms with Crippen LogP contribution in [-0.2, 0) is 28.5 Å². The molecule has 7 nitrogen and oxygen atoms in total. The molecule has 61 heavy (non-hydrogen) atoms. The first-order valence-corrected chi connectivity index (χ1v) is 25.8. The first-order chi connectivity index (χ1) is 30.0. The molecule has 0 bridgehead atoms. The normalized spacial score (nSPS) is 17.0. The summed E-state index contributed by atoms with van der Waals surface area (Å²) < 4.78 is 23.3. The number of hydrogen-bond acceptors (Lipinski definition) is 7. The fourth-order valence-electron chi connectivity index (χ4n) is 8.21. The van der Waals surface area contributed by atoms with Gasteiger partial charge in [-0.1, -0.05) is 152 Å². The van der Waals surface area contributed by atoms with Gasteiger partial charge in [0.2, 0.25) is 0 Å². The summed E-state index contributed by atoms with van der Waals surface area (Å²) in [4.78, 5) is 25.8. The number of unbranched alkanes of at least 4 members (excludes halogenated alkanes) is 22. The van der Waals surface area contributed by atoms with Crippen LogP contribution in [0.2, 0.25) is 0 Å². The highest BCUT2D eigenvalue weighted by Gasteiger charge is 2.41. The summed E-state index contributed by atoms with van der Waals surface area (Å²) in [6.45, 7) is 8.00. The average molecular weight is 856 g/mol. The van der Waals surface area contributed by atoms with Gasteiger partial charge in [0, 0.05) is 32.2 Å². The van der Waals surface area contributed by atoms with E-state index in [-0.39, 0.29) is 18.0 Å². The van der Waals surface area contributed by atoms with Crippen LogP contribution in [0.3, 0.4) is 0 Å². The number of ether oxygens (including phenoxy) is 4. The zero-order chi connectivity index (χ0) is 44.2. The summed E-state index contributed by atoms with van der Waals surface area (Å²) in [5.74, 6) is -0.716. The van der Waals surface area contributed by atoms with E-state index < -0.39 is 5.79 Å². The van der Waals surface area contributed by atoms with Crippen molar-refractivity contribution < 1.29 is 28.5 Å². The molecule has 1 aliphatic heterocycles. The van der Waals surface area contributed by atoms with Crippen LogP contribution < -0.4 is 0 Å². The van der Waals surface area contributed by atoms with Crippen molar-refractivity contribution in [2.24, 2.45) is 0 Å². The Morgan fingerprint density at radius 2 is 0.885 bits per heavy atom. The summed E-state index contributed by atoms with van der Waals surface area (Å²) >= 11 is 0. The second-order valence-corrected chi connectivity index (χ2v) is 17.7. The fraction of sp³-hybridized carbons (Fsp3) is 0.815. The molecule has 0 aromatic rings. The van der Waals surface area contributed by atoms with E-state index in [1.165, 1.54) is 143 Å². The van der Waals surface area contributed by atoms with E-state index in [1.807, 2.05) is 0 Å². The molecule has 0 radical (unpaired) electrons. The van der Waals surface area contributed by atoms with Crippen LogP contribution in [0.1, 0.15) is 232 Å². The van der Waals surface area contributed by atoms with E-state index in [0.717, 1.165) is 96.7 Å². The highest BCUT2D eigenvalue weighted by atomic mass is 16.7. The van der Waals surface area contributed by atoms with Gasteiger partial charge in [-0.2, -0.15) is 0 Å². The van der Waals surface area contributed by atoms with Crippen molar-refractivity contribution in [1.82, 2.24) is 4.90 Å². The van der Waals surface area contributed by atoms with Crippen LogP contribution >= 0.6 is 0 Å². The first kappa shape index (κ1) is 56.8. The summed E-state index contributed by atoms with van der Waals surface area (Å²) in [6, 6.07) is 0. The molecule has 1 atom stereocenters. The molecule has 0 saturated carbocycles. The summed E-state index contributed by atoms with van der Waals surface area (Å²) in [7, 11) is 2.92. The maximum Gasteiger partial charge on any atom is 0.305 e. The van der Waals surface area contributed by atoms with Gasteiger partial charge in [-0.05, 0) is 116 Å². The minimum atomic E-state index is -0.456. The number of esters is 2. The largest absolute Gasteiger partial charge is 0.469 e. The molecular weight excluding hydrogens is 759 g/mol. The number of nitrogens with zero attached hydrogens (tertiary/aromatic N) is 1. The molecule has 0 spiro atoms. The Hall–Kier alpha value is -2.22. The monoisotopic (exact) mass is 856 g/mol. The predicted octanol–water partition coefficient (Wildman–Crippen LogP) is 15.3. The van der Waals surface area contributed by atoms with E-state index >= 15 is 0 Å². The highest BCUT2D eigenvalue weighted by molar-refractivity contribution is 5.69. The summed E-state index contributed by atoms with van der Waals surface area (Å²) in [5.41, 5.74) is 0. The number of methoxy groups -OCH3 is 2. The molecule has 1 fully saturated rings. The Kier molecular flexibility index (Phi) is 40.1. The molecule has 1 saturated heterocycles. The molecule has 7 heteroatoms. The van der Waals surface area contributed by atoms with Gasteiger partial charge in [0.25, 0.3) is 0 Å². The van der Waals surface area contributed by atoms with Gasteiger partial charge < -0.3 is 23.8 Å². The Labute approximate surface area is 377 Å². The second-order valence-electron chi connectivity index (χ2n) is 17.7. The molecular formula is C54H97NO6. The molecule has 1 heterocycles. The lowest BCUT2D eigenvalue weighted by Crippen LogP contribution is -2.37. The molecule has 0 unspecified atom stereocenters. The van der Waals surface area contributed by atoms with Gasteiger partial charge >= 0.3 is 11.9 Å². The van der Waals surface area contributed by atoms with Gasteiger partial charge in [0.05, 0.1) is 26.9 Å². The molecule has 0 aromatic carbocycles. The van der Waals surface area contributed by atoms with Crippen LogP contribution in [0.5, 0.6) is 0 Å². The fourth-order valence-corrected chi connectivity index (χ4v) is 8.21. The maximum atomic E-state index is 11.6. The van der Waals surface area contributed by atoms with Gasteiger partial charge in [0.15, 0.2) is 5.79 Å². The number of carbonyl (C=O) groups is 2. The van der Waals surface area contributed by atoms with Gasteiger partial charge in [0.1, 0.15) is 0 Å². The number of allylic oxidation sites excluding steroid dienone is 8. The Morgan fingerprint density at radius 1 is 0.508 bits per heavy atom.